The summed E-state index contributed by atoms with van der Waals surface area (Å²) < 4.78 is 51.1. The molecule has 0 saturated carbocycles. The van der Waals surface area contributed by atoms with Gasteiger partial charge in [-0.05, 0) is 53.6 Å². The molecule has 0 aliphatic carbocycles. The number of likely N-dealkylation sites (N-methyl/N-ethyl adjacent to an activating group) is 1. The number of anilines is 1. The van der Waals surface area contributed by atoms with Crippen molar-refractivity contribution in [3.63, 3.8) is 0 Å². The highest BCUT2D eigenvalue weighted by Gasteiger charge is 2.28. The number of hydrogen-bond donors (Lipinski definition) is 0. The highest BCUT2D eigenvalue weighted by molar-refractivity contribution is 7.90. The molecule has 1 heterocycles. The fraction of sp³-hybridized carbons (Fsp3) is 0.250. The van der Waals surface area contributed by atoms with E-state index in [-0.39, 0.29) is 15.7 Å². The topological polar surface area (TPSA) is 95.1 Å². The van der Waals surface area contributed by atoms with E-state index in [4.69, 9.17) is 0 Å². The molecule has 3 aromatic rings. The molecule has 0 spiro atoms. The molecule has 0 N–H and O–H groups in total. The first-order valence-electron chi connectivity index (χ1n) is 12.2. The van der Waals surface area contributed by atoms with Crippen LogP contribution in [0.3, 0.4) is 0 Å². The van der Waals surface area contributed by atoms with Gasteiger partial charge in [-0.2, -0.15) is 4.31 Å². The highest BCUT2D eigenvalue weighted by Crippen LogP contribution is 2.22. The predicted octanol–water partition coefficient (Wildman–Crippen LogP) is 3.27. The van der Waals surface area contributed by atoms with Gasteiger partial charge in [-0.15, -0.1) is 0 Å². The van der Waals surface area contributed by atoms with Gasteiger partial charge in [0.05, 0.1) is 9.79 Å². The van der Waals surface area contributed by atoms with E-state index < -0.39 is 19.9 Å². The maximum Gasteiger partial charge on any atom is 0.250 e. The third-order valence-corrected chi connectivity index (χ3v) is 9.54. The van der Waals surface area contributed by atoms with Crippen LogP contribution in [-0.4, -0.2) is 71.4 Å². The van der Waals surface area contributed by atoms with Gasteiger partial charge >= 0.3 is 0 Å². The number of piperazine rings is 1. The third kappa shape index (κ3) is 6.76. The third-order valence-electron chi connectivity index (χ3n) is 6.50. The van der Waals surface area contributed by atoms with Crippen molar-refractivity contribution in [3.8, 4) is 0 Å². The van der Waals surface area contributed by atoms with Crippen LogP contribution in [0.4, 0.5) is 5.69 Å². The van der Waals surface area contributed by atoms with Crippen LogP contribution in [0.15, 0.2) is 94.7 Å². The molecule has 0 radical (unpaired) electrons. The minimum atomic E-state index is -3.63. The lowest BCUT2D eigenvalue weighted by Crippen LogP contribution is -2.48. The number of benzene rings is 3. The number of carbonyl (C=O) groups is 1. The molecule has 1 aliphatic rings. The van der Waals surface area contributed by atoms with Crippen LogP contribution in [0.2, 0.25) is 0 Å². The number of rotatable bonds is 8. The lowest BCUT2D eigenvalue weighted by Gasteiger charge is -2.34. The second-order valence-corrected chi connectivity index (χ2v) is 13.2. The van der Waals surface area contributed by atoms with E-state index in [1.807, 2.05) is 18.2 Å². The van der Waals surface area contributed by atoms with Crippen molar-refractivity contribution in [2.45, 2.75) is 16.3 Å². The fourth-order valence-electron chi connectivity index (χ4n) is 4.19. The molecule has 0 aromatic heterocycles. The van der Waals surface area contributed by atoms with Gasteiger partial charge in [-0.1, -0.05) is 42.5 Å². The first-order chi connectivity index (χ1) is 18.0. The number of nitrogens with zero attached hydrogens (tertiary/aromatic N) is 3. The first-order valence-corrected chi connectivity index (χ1v) is 15.5. The normalized spacial score (nSPS) is 15.5. The Labute approximate surface area is 224 Å². The number of sulfonamides is 1. The molecule has 3 aromatic carbocycles. The maximum atomic E-state index is 13.2. The van der Waals surface area contributed by atoms with Gasteiger partial charge in [0.1, 0.15) is 0 Å². The smallest absolute Gasteiger partial charge is 0.250 e. The van der Waals surface area contributed by atoms with Crippen molar-refractivity contribution < 1.29 is 21.6 Å². The monoisotopic (exact) mass is 553 g/mol. The van der Waals surface area contributed by atoms with E-state index in [0.29, 0.717) is 37.4 Å². The van der Waals surface area contributed by atoms with Gasteiger partial charge in [0.25, 0.3) is 5.91 Å². The van der Waals surface area contributed by atoms with Gasteiger partial charge in [0, 0.05) is 57.8 Å². The van der Waals surface area contributed by atoms with Crippen molar-refractivity contribution in [1.29, 1.82) is 0 Å². The molecule has 10 heteroatoms. The molecule has 1 fully saturated rings. The second-order valence-electron chi connectivity index (χ2n) is 9.23. The maximum absolute atomic E-state index is 13.2. The standard InChI is InChI=1S/C28H31N3O5S2/c1-29(28(32)17-10-23-8-13-26(14-9-23)37(2,33)34)25-11-15-27(16-12-25)38(35,36)31-20-18-30(19-21-31)22-24-6-4-3-5-7-24/h3-17H,18-22H2,1-2H3/b17-10+. The van der Waals surface area contributed by atoms with Crippen LogP contribution in [0.5, 0.6) is 0 Å². The van der Waals surface area contributed by atoms with Crippen LogP contribution in [0, 0.1) is 0 Å². The van der Waals surface area contributed by atoms with Crippen LogP contribution in [-0.2, 0) is 31.2 Å². The minimum absolute atomic E-state index is 0.195. The lowest BCUT2D eigenvalue weighted by atomic mass is 10.2. The molecule has 0 bridgehead atoms. The average molecular weight is 554 g/mol. The predicted molar refractivity (Wildman–Crippen MR) is 149 cm³/mol. The number of hydrogen-bond acceptors (Lipinski definition) is 6. The van der Waals surface area contributed by atoms with E-state index in [9.17, 15) is 21.6 Å². The second kappa shape index (κ2) is 11.6. The molecule has 1 aliphatic heterocycles. The molecule has 0 unspecified atom stereocenters. The summed E-state index contributed by atoms with van der Waals surface area (Å²) in [5.74, 6) is -0.303. The average Bonchev–Trinajstić information content (AvgIpc) is 2.92. The Kier molecular flexibility index (Phi) is 8.47. The quantitative estimate of drug-likeness (QED) is 0.398. The van der Waals surface area contributed by atoms with Crippen molar-refractivity contribution in [2.24, 2.45) is 0 Å². The Bertz CT molecular complexity index is 1490. The summed E-state index contributed by atoms with van der Waals surface area (Å²) in [5, 5.41) is 0. The van der Waals surface area contributed by atoms with Crippen molar-refractivity contribution in [1.82, 2.24) is 9.21 Å². The summed E-state index contributed by atoms with van der Waals surface area (Å²) in [6.07, 6.45) is 4.12. The zero-order valence-electron chi connectivity index (χ0n) is 21.4. The van der Waals surface area contributed by atoms with Gasteiger partial charge in [0.15, 0.2) is 9.84 Å². The SMILES string of the molecule is CN(C(=O)/C=C/c1ccc(S(C)(=O)=O)cc1)c1ccc(S(=O)(=O)N2CCN(Cc3ccccc3)CC2)cc1. The van der Waals surface area contributed by atoms with Crippen LogP contribution < -0.4 is 4.90 Å². The molecule has 0 atom stereocenters. The molecule has 4 rings (SSSR count). The first kappa shape index (κ1) is 27.7. The zero-order chi connectivity index (χ0) is 27.3. The van der Waals surface area contributed by atoms with Crippen molar-refractivity contribution in [3.05, 3.63) is 96.1 Å². The molecule has 200 valence electrons. The van der Waals surface area contributed by atoms with E-state index in [1.54, 1.807) is 37.4 Å². The van der Waals surface area contributed by atoms with Crippen molar-refractivity contribution >= 4 is 37.5 Å². The Morgan fingerprint density at radius 2 is 1.39 bits per heavy atom. The summed E-state index contributed by atoms with van der Waals surface area (Å²) in [6, 6.07) is 22.6. The van der Waals surface area contributed by atoms with Gasteiger partial charge in [-0.3, -0.25) is 9.69 Å². The minimum Gasteiger partial charge on any atom is -0.312 e. The summed E-state index contributed by atoms with van der Waals surface area (Å²) in [6.45, 7) is 2.96. The van der Waals surface area contributed by atoms with E-state index in [1.165, 1.54) is 45.1 Å². The van der Waals surface area contributed by atoms with Crippen LogP contribution in [0.1, 0.15) is 11.1 Å². The molecular weight excluding hydrogens is 522 g/mol. The van der Waals surface area contributed by atoms with E-state index in [0.717, 1.165) is 12.8 Å². The van der Waals surface area contributed by atoms with E-state index in [2.05, 4.69) is 17.0 Å². The number of sulfone groups is 1. The van der Waals surface area contributed by atoms with E-state index >= 15 is 0 Å². The lowest BCUT2D eigenvalue weighted by molar-refractivity contribution is -0.113. The Morgan fingerprint density at radius 3 is 1.97 bits per heavy atom. The molecule has 1 saturated heterocycles. The van der Waals surface area contributed by atoms with Gasteiger partial charge < -0.3 is 4.90 Å². The number of amides is 1. The molecule has 38 heavy (non-hydrogen) atoms. The largest absolute Gasteiger partial charge is 0.312 e. The summed E-state index contributed by atoms with van der Waals surface area (Å²) >= 11 is 0. The highest BCUT2D eigenvalue weighted by atomic mass is 32.2. The summed E-state index contributed by atoms with van der Waals surface area (Å²) in [4.78, 5) is 16.7. The summed E-state index contributed by atoms with van der Waals surface area (Å²) in [7, 11) is -5.31. The Balaban J connectivity index is 1.35. The summed E-state index contributed by atoms with van der Waals surface area (Å²) in [5.41, 5.74) is 2.45. The van der Waals surface area contributed by atoms with Crippen LogP contribution >= 0.6 is 0 Å². The van der Waals surface area contributed by atoms with Crippen LogP contribution in [0.25, 0.3) is 6.08 Å². The molecule has 8 nitrogen and oxygen atoms in total. The van der Waals surface area contributed by atoms with Gasteiger partial charge in [0.2, 0.25) is 10.0 Å². The zero-order valence-corrected chi connectivity index (χ0v) is 23.0. The van der Waals surface area contributed by atoms with Crippen molar-refractivity contribution in [2.75, 3.05) is 44.4 Å². The molecule has 1 amide bonds. The Hall–Kier alpha value is -3.31. The number of carbonyl (C=O) groups excluding carboxylic acids is 1. The molecular formula is C28H31N3O5S2. The Morgan fingerprint density at radius 1 is 0.816 bits per heavy atom. The van der Waals surface area contributed by atoms with Gasteiger partial charge in [-0.25, -0.2) is 16.8 Å². The fourth-order valence-corrected chi connectivity index (χ4v) is 6.25.